The Morgan fingerprint density at radius 2 is 1.28 bits per heavy atom. The maximum absolute atomic E-state index is 13.1. The van der Waals surface area contributed by atoms with Gasteiger partial charge in [0.05, 0.1) is 18.1 Å². The van der Waals surface area contributed by atoms with Gasteiger partial charge in [-0.3, -0.25) is 19.7 Å². The van der Waals surface area contributed by atoms with Gasteiger partial charge in [0.2, 0.25) is 11.8 Å². The highest BCUT2D eigenvalue weighted by Gasteiger charge is 2.23. The number of nitro groups is 1. The zero-order chi connectivity index (χ0) is 31.7. The minimum absolute atomic E-state index is 0.0232. The van der Waals surface area contributed by atoms with Crippen molar-refractivity contribution in [3.8, 4) is 17.6 Å². The molecule has 3 aromatic rings. The Morgan fingerprint density at radius 3 is 1.79 bits per heavy atom. The van der Waals surface area contributed by atoms with Crippen LogP contribution in [0.4, 0.5) is 17.1 Å². The lowest BCUT2D eigenvalue weighted by molar-refractivity contribution is -0.386. The third kappa shape index (κ3) is 9.34. The summed E-state index contributed by atoms with van der Waals surface area (Å²) in [6.45, 7) is 9.28. The van der Waals surface area contributed by atoms with E-state index in [2.05, 4.69) is 25.6 Å². The molecular weight excluding hydrogens is 564 g/mol. The maximum atomic E-state index is 13.1. The van der Waals surface area contributed by atoms with Crippen LogP contribution < -0.4 is 24.8 Å². The van der Waals surface area contributed by atoms with Crippen LogP contribution in [0.5, 0.6) is 17.6 Å². The number of nitrogens with one attached hydrogen (secondary N) is 2. The summed E-state index contributed by atoms with van der Waals surface area (Å²) in [5.41, 5.74) is 0.215. The summed E-state index contributed by atoms with van der Waals surface area (Å²) in [7, 11) is 0. The number of aryl methyl sites for hydroxylation is 1. The van der Waals surface area contributed by atoms with Gasteiger partial charge in [0.1, 0.15) is 22.8 Å². The van der Waals surface area contributed by atoms with Crippen LogP contribution in [-0.2, 0) is 4.79 Å². The molecule has 0 fully saturated rings. The van der Waals surface area contributed by atoms with Crippen molar-refractivity contribution in [2.24, 2.45) is 11.8 Å². The van der Waals surface area contributed by atoms with Crippen LogP contribution in [-0.4, -0.2) is 62.6 Å². The monoisotopic (exact) mass is 596 g/mol. The molecule has 0 saturated heterocycles. The van der Waals surface area contributed by atoms with E-state index in [1.165, 1.54) is 12.1 Å². The Balaban J connectivity index is 1.87. The normalized spacial score (nSPS) is 10.8. The van der Waals surface area contributed by atoms with Crippen LogP contribution in [0.2, 0.25) is 0 Å². The number of anilines is 2. The molecular formula is C28H32N6O9. The highest BCUT2D eigenvalue weighted by atomic mass is 16.6. The number of carbonyl (C=O) groups excluding carboxylic acids is 2. The Kier molecular flexibility index (Phi) is 10.9. The van der Waals surface area contributed by atoms with Crippen molar-refractivity contribution in [3.63, 3.8) is 0 Å². The van der Waals surface area contributed by atoms with E-state index in [0.717, 1.165) is 12.1 Å². The molecule has 3 heterocycles. The van der Waals surface area contributed by atoms with Gasteiger partial charge in [-0.05, 0) is 49.1 Å². The molecule has 15 heteroatoms. The first-order valence-corrected chi connectivity index (χ1v) is 13.2. The third-order valence-electron chi connectivity index (χ3n) is 5.30. The minimum Gasteiger partial charge on any atom is -0.479 e. The van der Waals surface area contributed by atoms with E-state index >= 15 is 0 Å². The van der Waals surface area contributed by atoms with Crippen molar-refractivity contribution in [2.45, 2.75) is 34.6 Å². The van der Waals surface area contributed by atoms with E-state index in [-0.39, 0.29) is 47.3 Å². The lowest BCUT2D eigenvalue weighted by Crippen LogP contribution is -2.19. The molecule has 3 aromatic heterocycles. The number of ether oxygens (including phenoxy) is 3. The predicted molar refractivity (Wildman–Crippen MR) is 154 cm³/mol. The molecule has 0 unspecified atom stereocenters. The van der Waals surface area contributed by atoms with Gasteiger partial charge in [-0.1, -0.05) is 27.7 Å². The lowest BCUT2D eigenvalue weighted by atomic mass is 10.2. The smallest absolute Gasteiger partial charge is 0.341 e. The fourth-order valence-electron chi connectivity index (χ4n) is 3.31. The SMILES string of the molecule is Cc1ccc(NC(=O)c2ccc(NC(=O)c3ccc([N+](=O)[O-])c(OCC(=O)O)n3)c(OCC(C)C)n2)c(OCC(C)C)n1. The number of amides is 2. The van der Waals surface area contributed by atoms with E-state index < -0.39 is 40.9 Å². The second-order valence-corrected chi connectivity index (χ2v) is 10.1. The molecule has 0 spiro atoms. The number of aromatic nitrogens is 3. The predicted octanol–water partition coefficient (Wildman–Crippen LogP) is 4.13. The summed E-state index contributed by atoms with van der Waals surface area (Å²) in [4.78, 5) is 60.0. The fraction of sp³-hybridized carbons (Fsp3) is 0.357. The number of hydrogen-bond donors (Lipinski definition) is 3. The molecule has 0 bridgehead atoms. The summed E-state index contributed by atoms with van der Waals surface area (Å²) in [6.07, 6.45) is 0. The van der Waals surface area contributed by atoms with E-state index in [0.29, 0.717) is 18.0 Å². The first kappa shape index (κ1) is 32.2. The van der Waals surface area contributed by atoms with E-state index in [1.54, 1.807) is 19.1 Å². The number of carboxylic acid groups (broad SMARTS) is 1. The zero-order valence-electron chi connectivity index (χ0n) is 24.2. The van der Waals surface area contributed by atoms with E-state index in [1.807, 2.05) is 27.7 Å². The average molecular weight is 597 g/mol. The van der Waals surface area contributed by atoms with Crippen LogP contribution in [0.1, 0.15) is 54.4 Å². The van der Waals surface area contributed by atoms with Crippen molar-refractivity contribution in [2.75, 3.05) is 30.5 Å². The third-order valence-corrected chi connectivity index (χ3v) is 5.30. The first-order chi connectivity index (χ1) is 20.3. The number of carbonyl (C=O) groups is 3. The molecule has 3 rings (SSSR count). The highest BCUT2D eigenvalue weighted by molar-refractivity contribution is 6.05. The Morgan fingerprint density at radius 1 is 0.791 bits per heavy atom. The quantitative estimate of drug-likeness (QED) is 0.177. The minimum atomic E-state index is -1.38. The molecule has 15 nitrogen and oxygen atoms in total. The molecule has 0 aliphatic rings. The fourth-order valence-corrected chi connectivity index (χ4v) is 3.31. The molecule has 0 aliphatic heterocycles. The molecule has 0 aliphatic carbocycles. The Labute approximate surface area is 246 Å². The topological polar surface area (TPSA) is 205 Å². The van der Waals surface area contributed by atoms with Crippen LogP contribution in [0, 0.1) is 28.9 Å². The molecule has 0 radical (unpaired) electrons. The van der Waals surface area contributed by atoms with Gasteiger partial charge in [0, 0.05) is 11.8 Å². The number of pyridine rings is 3. The number of carboxylic acids is 1. The van der Waals surface area contributed by atoms with Crippen molar-refractivity contribution >= 4 is 34.8 Å². The average Bonchev–Trinajstić information content (AvgIpc) is 2.95. The number of aliphatic carboxylic acids is 1. The van der Waals surface area contributed by atoms with Gasteiger partial charge in [-0.15, -0.1) is 0 Å². The van der Waals surface area contributed by atoms with Gasteiger partial charge in [-0.2, -0.15) is 0 Å². The molecule has 3 N–H and O–H groups in total. The van der Waals surface area contributed by atoms with Crippen LogP contribution in [0.3, 0.4) is 0 Å². The van der Waals surface area contributed by atoms with Crippen LogP contribution in [0.15, 0.2) is 36.4 Å². The second kappa shape index (κ2) is 14.5. The lowest BCUT2D eigenvalue weighted by Gasteiger charge is -2.15. The van der Waals surface area contributed by atoms with Crippen LogP contribution >= 0.6 is 0 Å². The summed E-state index contributed by atoms with van der Waals surface area (Å²) >= 11 is 0. The summed E-state index contributed by atoms with van der Waals surface area (Å²) in [5.74, 6) is -2.89. The molecule has 0 atom stereocenters. The maximum Gasteiger partial charge on any atom is 0.341 e. The molecule has 43 heavy (non-hydrogen) atoms. The molecule has 0 saturated carbocycles. The van der Waals surface area contributed by atoms with E-state index in [9.17, 15) is 24.5 Å². The molecule has 2 amide bonds. The molecule has 0 aromatic carbocycles. The van der Waals surface area contributed by atoms with Crippen molar-refractivity contribution < 1.29 is 38.6 Å². The Hall–Kier alpha value is -5.34. The standard InChI is InChI=1S/C28H32N6O9/c1-15(2)12-41-26-20(7-6-17(5)29-26)30-24(37)18-8-9-21(27(32-18)42-13-16(3)4)31-25(38)19-10-11-22(34(39)40)28(33-19)43-14-23(35)36/h6-11,15-16H,12-14H2,1-5H3,(H,30,37)(H,31,38)(H,35,36). The largest absolute Gasteiger partial charge is 0.479 e. The number of rotatable bonds is 14. The summed E-state index contributed by atoms with van der Waals surface area (Å²) < 4.78 is 16.4. The van der Waals surface area contributed by atoms with E-state index in [4.69, 9.17) is 19.3 Å². The highest BCUT2D eigenvalue weighted by Crippen LogP contribution is 2.28. The molecule has 228 valence electrons. The summed E-state index contributed by atoms with van der Waals surface area (Å²) in [5, 5.41) is 25.4. The zero-order valence-corrected chi connectivity index (χ0v) is 24.2. The first-order valence-electron chi connectivity index (χ1n) is 13.2. The van der Waals surface area contributed by atoms with Crippen molar-refractivity contribution in [1.29, 1.82) is 0 Å². The van der Waals surface area contributed by atoms with Crippen LogP contribution in [0.25, 0.3) is 0 Å². The van der Waals surface area contributed by atoms with Gasteiger partial charge >= 0.3 is 11.7 Å². The number of nitrogens with zero attached hydrogens (tertiary/aromatic N) is 4. The van der Waals surface area contributed by atoms with Crippen molar-refractivity contribution in [3.05, 3.63) is 63.6 Å². The Bertz CT molecular complexity index is 1510. The number of hydrogen-bond acceptors (Lipinski definition) is 11. The van der Waals surface area contributed by atoms with Crippen molar-refractivity contribution in [1.82, 2.24) is 15.0 Å². The second-order valence-electron chi connectivity index (χ2n) is 10.1. The van der Waals surface area contributed by atoms with Gasteiger partial charge in [-0.25, -0.2) is 19.7 Å². The van der Waals surface area contributed by atoms with Gasteiger partial charge in [0.15, 0.2) is 6.61 Å². The van der Waals surface area contributed by atoms with Gasteiger partial charge < -0.3 is 30.0 Å². The van der Waals surface area contributed by atoms with Gasteiger partial charge in [0.25, 0.3) is 17.7 Å². The summed E-state index contributed by atoms with van der Waals surface area (Å²) in [6, 6.07) is 8.23.